The molecule has 24 heavy (non-hydrogen) atoms. The van der Waals surface area contributed by atoms with E-state index in [9.17, 15) is 14.4 Å². The number of rotatable bonds is 6. The van der Waals surface area contributed by atoms with E-state index in [2.05, 4.69) is 16.9 Å². The Labute approximate surface area is 139 Å². The SMILES string of the molecule is C=CC(=O)N(C)c1ccc(C(=O)NCCn2cnccc2=O)cc1. The number of anilines is 1. The third-order valence-electron chi connectivity index (χ3n) is 3.45. The van der Waals surface area contributed by atoms with Crippen molar-refractivity contribution >= 4 is 17.5 Å². The van der Waals surface area contributed by atoms with Gasteiger partial charge < -0.3 is 10.2 Å². The molecule has 0 fully saturated rings. The van der Waals surface area contributed by atoms with Gasteiger partial charge in [0.1, 0.15) is 0 Å². The van der Waals surface area contributed by atoms with E-state index in [0.29, 0.717) is 24.3 Å². The van der Waals surface area contributed by atoms with E-state index in [1.807, 2.05) is 0 Å². The normalized spacial score (nSPS) is 10.0. The van der Waals surface area contributed by atoms with E-state index < -0.39 is 0 Å². The summed E-state index contributed by atoms with van der Waals surface area (Å²) in [6.07, 6.45) is 4.07. The van der Waals surface area contributed by atoms with Crippen LogP contribution in [0.2, 0.25) is 0 Å². The van der Waals surface area contributed by atoms with Crippen LogP contribution in [-0.4, -0.2) is 35.0 Å². The molecule has 2 rings (SSSR count). The van der Waals surface area contributed by atoms with Crippen molar-refractivity contribution in [2.24, 2.45) is 0 Å². The summed E-state index contributed by atoms with van der Waals surface area (Å²) in [5.74, 6) is -0.481. The lowest BCUT2D eigenvalue weighted by Crippen LogP contribution is -2.30. The molecule has 0 aliphatic heterocycles. The zero-order chi connectivity index (χ0) is 17.5. The first-order valence-corrected chi connectivity index (χ1v) is 7.32. The molecule has 0 radical (unpaired) electrons. The fourth-order valence-electron chi connectivity index (χ4n) is 2.04. The van der Waals surface area contributed by atoms with Gasteiger partial charge in [0.2, 0.25) is 5.91 Å². The molecule has 0 unspecified atom stereocenters. The molecule has 0 aliphatic carbocycles. The van der Waals surface area contributed by atoms with Crippen molar-refractivity contribution in [3.8, 4) is 0 Å². The van der Waals surface area contributed by atoms with Gasteiger partial charge in [-0.15, -0.1) is 0 Å². The van der Waals surface area contributed by atoms with E-state index in [0.717, 1.165) is 0 Å². The first-order valence-electron chi connectivity index (χ1n) is 7.32. The minimum absolute atomic E-state index is 0.168. The van der Waals surface area contributed by atoms with E-state index in [1.165, 1.54) is 34.1 Å². The summed E-state index contributed by atoms with van der Waals surface area (Å²) in [4.78, 5) is 40.4. The van der Waals surface area contributed by atoms with Crippen molar-refractivity contribution in [2.75, 3.05) is 18.5 Å². The second-order valence-corrected chi connectivity index (χ2v) is 5.02. The largest absolute Gasteiger partial charge is 0.350 e. The van der Waals surface area contributed by atoms with Crippen LogP contribution in [0.5, 0.6) is 0 Å². The van der Waals surface area contributed by atoms with E-state index >= 15 is 0 Å². The molecular weight excluding hydrogens is 308 g/mol. The molecule has 7 heteroatoms. The number of aromatic nitrogens is 2. The molecule has 0 atom stereocenters. The molecule has 7 nitrogen and oxygen atoms in total. The highest BCUT2D eigenvalue weighted by atomic mass is 16.2. The summed E-state index contributed by atoms with van der Waals surface area (Å²) in [6.45, 7) is 4.08. The van der Waals surface area contributed by atoms with E-state index in [-0.39, 0.29) is 17.4 Å². The number of carbonyl (C=O) groups excluding carboxylic acids is 2. The number of benzene rings is 1. The molecule has 1 aromatic heterocycles. The molecule has 0 aliphatic rings. The third kappa shape index (κ3) is 4.16. The summed E-state index contributed by atoms with van der Waals surface area (Å²) in [7, 11) is 1.63. The van der Waals surface area contributed by atoms with Crippen molar-refractivity contribution in [2.45, 2.75) is 6.54 Å². The molecule has 0 saturated carbocycles. The monoisotopic (exact) mass is 326 g/mol. The van der Waals surface area contributed by atoms with Crippen molar-refractivity contribution in [1.29, 1.82) is 0 Å². The Kier molecular flexibility index (Phi) is 5.62. The van der Waals surface area contributed by atoms with Crippen LogP contribution in [-0.2, 0) is 11.3 Å². The van der Waals surface area contributed by atoms with Crippen LogP contribution in [0.15, 0.2) is 60.3 Å². The topological polar surface area (TPSA) is 84.3 Å². The molecule has 0 bridgehead atoms. The first-order chi connectivity index (χ1) is 11.5. The maximum absolute atomic E-state index is 12.1. The summed E-state index contributed by atoms with van der Waals surface area (Å²) < 4.78 is 1.42. The molecule has 2 amide bonds. The first kappa shape index (κ1) is 17.1. The Morgan fingerprint density at radius 2 is 2.00 bits per heavy atom. The number of nitrogens with one attached hydrogen (secondary N) is 1. The van der Waals surface area contributed by atoms with Crippen LogP contribution in [0.25, 0.3) is 0 Å². The number of likely N-dealkylation sites (N-methyl/N-ethyl adjacent to an activating group) is 1. The molecule has 2 aromatic rings. The van der Waals surface area contributed by atoms with Gasteiger partial charge in [-0.05, 0) is 30.3 Å². The van der Waals surface area contributed by atoms with Gasteiger partial charge in [0.05, 0.1) is 6.33 Å². The van der Waals surface area contributed by atoms with Crippen LogP contribution in [0.1, 0.15) is 10.4 Å². The van der Waals surface area contributed by atoms with E-state index in [1.54, 1.807) is 31.3 Å². The van der Waals surface area contributed by atoms with Crippen LogP contribution in [0.3, 0.4) is 0 Å². The van der Waals surface area contributed by atoms with Gasteiger partial charge in [-0.25, -0.2) is 4.98 Å². The van der Waals surface area contributed by atoms with Gasteiger partial charge >= 0.3 is 0 Å². The van der Waals surface area contributed by atoms with Crippen molar-refractivity contribution in [1.82, 2.24) is 14.9 Å². The molecule has 0 spiro atoms. The zero-order valence-electron chi connectivity index (χ0n) is 13.3. The molecule has 1 N–H and O–H groups in total. The van der Waals surface area contributed by atoms with Crippen molar-refractivity contribution < 1.29 is 9.59 Å². The zero-order valence-corrected chi connectivity index (χ0v) is 13.3. The summed E-state index contributed by atoms with van der Waals surface area (Å²) in [6, 6.07) is 7.99. The Morgan fingerprint density at radius 3 is 2.62 bits per heavy atom. The Bertz CT molecular complexity index is 796. The highest BCUT2D eigenvalue weighted by Gasteiger charge is 2.09. The molecule has 0 saturated heterocycles. The quantitative estimate of drug-likeness (QED) is 0.797. The second kappa shape index (κ2) is 7.87. The predicted octanol–water partition coefficient (Wildman–Crippen LogP) is 0.822. The molecular formula is C17H18N4O3. The molecule has 124 valence electrons. The number of amides is 2. The molecule has 1 heterocycles. The van der Waals surface area contributed by atoms with Gasteiger partial charge in [-0.1, -0.05) is 6.58 Å². The standard InChI is InChI=1S/C17H18N4O3/c1-3-15(22)20(2)14-6-4-13(5-7-14)17(24)19-10-11-21-12-18-9-8-16(21)23/h3-9,12H,1,10-11H2,2H3,(H,19,24). The van der Waals surface area contributed by atoms with Gasteiger partial charge in [-0.2, -0.15) is 0 Å². The predicted molar refractivity (Wildman–Crippen MR) is 90.9 cm³/mol. The highest BCUT2D eigenvalue weighted by Crippen LogP contribution is 2.14. The Morgan fingerprint density at radius 1 is 1.29 bits per heavy atom. The second-order valence-electron chi connectivity index (χ2n) is 5.02. The average molecular weight is 326 g/mol. The van der Waals surface area contributed by atoms with Gasteiger partial charge in [0.25, 0.3) is 11.5 Å². The number of nitrogens with zero attached hydrogens (tertiary/aromatic N) is 3. The Balaban J connectivity index is 1.93. The van der Waals surface area contributed by atoms with Gasteiger partial charge in [0, 0.05) is 43.7 Å². The minimum Gasteiger partial charge on any atom is -0.350 e. The average Bonchev–Trinajstić information content (AvgIpc) is 2.62. The van der Waals surface area contributed by atoms with Crippen LogP contribution < -0.4 is 15.8 Å². The van der Waals surface area contributed by atoms with Gasteiger partial charge in [-0.3, -0.25) is 19.0 Å². The highest BCUT2D eigenvalue weighted by molar-refractivity contribution is 6.01. The van der Waals surface area contributed by atoms with Crippen LogP contribution in [0, 0.1) is 0 Å². The number of hydrogen-bond acceptors (Lipinski definition) is 4. The summed E-state index contributed by atoms with van der Waals surface area (Å²) in [5, 5.41) is 2.73. The number of hydrogen-bond donors (Lipinski definition) is 1. The summed E-state index contributed by atoms with van der Waals surface area (Å²) in [5.41, 5.74) is 0.966. The lowest BCUT2D eigenvalue weighted by Gasteiger charge is -2.15. The lowest BCUT2D eigenvalue weighted by molar-refractivity contribution is -0.113. The maximum atomic E-state index is 12.1. The van der Waals surface area contributed by atoms with E-state index in [4.69, 9.17) is 0 Å². The van der Waals surface area contributed by atoms with Crippen molar-refractivity contribution in [3.05, 3.63) is 71.4 Å². The van der Waals surface area contributed by atoms with Crippen LogP contribution in [0.4, 0.5) is 5.69 Å². The summed E-state index contributed by atoms with van der Waals surface area (Å²) >= 11 is 0. The fourth-order valence-corrected chi connectivity index (χ4v) is 2.04. The smallest absolute Gasteiger partial charge is 0.253 e. The molecule has 1 aromatic carbocycles. The maximum Gasteiger partial charge on any atom is 0.253 e. The number of carbonyl (C=O) groups is 2. The van der Waals surface area contributed by atoms with Crippen molar-refractivity contribution in [3.63, 3.8) is 0 Å². The third-order valence-corrected chi connectivity index (χ3v) is 3.45. The fraction of sp³-hybridized carbons (Fsp3) is 0.176. The Hall–Kier alpha value is -3.22. The van der Waals surface area contributed by atoms with Crippen LogP contribution >= 0.6 is 0 Å². The minimum atomic E-state index is -0.254. The lowest BCUT2D eigenvalue weighted by atomic mass is 10.2. The van der Waals surface area contributed by atoms with Gasteiger partial charge in [0.15, 0.2) is 0 Å².